The Morgan fingerprint density at radius 3 is 2.58 bits per heavy atom. The van der Waals surface area contributed by atoms with Gasteiger partial charge in [-0.15, -0.1) is 0 Å². The molecule has 8 heteroatoms. The van der Waals surface area contributed by atoms with Gasteiger partial charge in [0.25, 0.3) is 0 Å². The van der Waals surface area contributed by atoms with Crippen LogP contribution >= 0.6 is 0 Å². The molecule has 1 heterocycles. The zero-order chi connectivity index (χ0) is 17.9. The monoisotopic (exact) mass is 346 g/mol. The number of halogens is 3. The van der Waals surface area contributed by atoms with E-state index in [1.807, 2.05) is 0 Å². The second-order valence-corrected chi connectivity index (χ2v) is 5.98. The van der Waals surface area contributed by atoms with Crippen molar-refractivity contribution in [1.29, 1.82) is 0 Å². The molecule has 0 bridgehead atoms. The van der Waals surface area contributed by atoms with Crippen molar-refractivity contribution in [2.75, 3.05) is 19.8 Å². The van der Waals surface area contributed by atoms with Crippen LogP contribution in [0.1, 0.15) is 31.9 Å². The summed E-state index contributed by atoms with van der Waals surface area (Å²) in [5, 5.41) is 12.2. The molecule has 0 unspecified atom stereocenters. The SMILES string of the molecule is C[C@H](O)C[C@H]1COCCN1C(=O)N[C@@H](C)c1cc(F)c(F)c(F)c1. The molecule has 1 aromatic rings. The molecule has 5 nitrogen and oxygen atoms in total. The predicted octanol–water partition coefficient (Wildman–Crippen LogP) is 2.35. The van der Waals surface area contributed by atoms with Gasteiger partial charge in [-0.3, -0.25) is 0 Å². The Labute approximate surface area is 138 Å². The maximum atomic E-state index is 13.3. The van der Waals surface area contributed by atoms with Crippen LogP contribution in [0.5, 0.6) is 0 Å². The standard InChI is InChI=1S/C16H21F3N2O3/c1-9(22)5-12-8-24-4-3-21(12)16(23)20-10(2)11-6-13(17)15(19)14(18)7-11/h6-7,9-10,12,22H,3-5,8H2,1-2H3,(H,20,23)/t9-,10-,12-/m0/s1. The Hall–Kier alpha value is -1.80. The van der Waals surface area contributed by atoms with Gasteiger partial charge < -0.3 is 20.1 Å². The molecular weight excluding hydrogens is 325 g/mol. The van der Waals surface area contributed by atoms with Crippen LogP contribution < -0.4 is 5.32 Å². The van der Waals surface area contributed by atoms with E-state index < -0.39 is 35.6 Å². The van der Waals surface area contributed by atoms with Crippen LogP contribution in [0, 0.1) is 17.5 Å². The Bertz CT molecular complexity index is 575. The number of carbonyl (C=O) groups excluding carboxylic acids is 1. The van der Waals surface area contributed by atoms with Crippen LogP contribution in [-0.4, -0.2) is 47.9 Å². The van der Waals surface area contributed by atoms with Gasteiger partial charge in [-0.05, 0) is 38.0 Å². The molecule has 0 spiro atoms. The third-order valence-corrected chi connectivity index (χ3v) is 3.95. The second-order valence-electron chi connectivity index (χ2n) is 5.98. The number of hydrogen-bond acceptors (Lipinski definition) is 3. The number of benzene rings is 1. The van der Waals surface area contributed by atoms with E-state index in [0.29, 0.717) is 26.2 Å². The van der Waals surface area contributed by atoms with Crippen LogP contribution in [0.15, 0.2) is 12.1 Å². The Balaban J connectivity index is 2.07. The topological polar surface area (TPSA) is 61.8 Å². The summed E-state index contributed by atoms with van der Waals surface area (Å²) >= 11 is 0. The fraction of sp³-hybridized carbons (Fsp3) is 0.562. The Kier molecular flexibility index (Phi) is 6.06. The maximum absolute atomic E-state index is 13.3. The van der Waals surface area contributed by atoms with E-state index in [-0.39, 0.29) is 11.6 Å². The summed E-state index contributed by atoms with van der Waals surface area (Å²) in [5.41, 5.74) is 0.125. The first-order valence-electron chi connectivity index (χ1n) is 7.77. The lowest BCUT2D eigenvalue weighted by Gasteiger charge is -2.37. The lowest BCUT2D eigenvalue weighted by atomic mass is 10.1. The van der Waals surface area contributed by atoms with Crippen molar-refractivity contribution in [3.05, 3.63) is 35.1 Å². The molecule has 0 aliphatic carbocycles. The predicted molar refractivity (Wildman–Crippen MR) is 80.9 cm³/mol. The summed E-state index contributed by atoms with van der Waals surface area (Å²) in [6.45, 7) is 4.21. The van der Waals surface area contributed by atoms with Crippen molar-refractivity contribution >= 4 is 6.03 Å². The van der Waals surface area contributed by atoms with E-state index in [1.165, 1.54) is 4.90 Å². The van der Waals surface area contributed by atoms with E-state index >= 15 is 0 Å². The van der Waals surface area contributed by atoms with Gasteiger partial charge in [0.05, 0.1) is 31.4 Å². The first-order valence-corrected chi connectivity index (χ1v) is 7.77. The van der Waals surface area contributed by atoms with Gasteiger partial charge in [0, 0.05) is 6.54 Å². The highest BCUT2D eigenvalue weighted by molar-refractivity contribution is 5.75. The fourth-order valence-corrected chi connectivity index (χ4v) is 2.69. The van der Waals surface area contributed by atoms with Gasteiger partial charge in [0.1, 0.15) is 0 Å². The lowest BCUT2D eigenvalue weighted by molar-refractivity contribution is -0.00474. The number of urea groups is 1. The zero-order valence-corrected chi connectivity index (χ0v) is 13.6. The number of nitrogens with zero attached hydrogens (tertiary/aromatic N) is 1. The molecule has 1 fully saturated rings. The summed E-state index contributed by atoms with van der Waals surface area (Å²) < 4.78 is 45.0. The van der Waals surface area contributed by atoms with Crippen LogP contribution in [-0.2, 0) is 4.74 Å². The maximum Gasteiger partial charge on any atom is 0.318 e. The first kappa shape index (κ1) is 18.5. The quantitative estimate of drug-likeness (QED) is 0.823. The van der Waals surface area contributed by atoms with E-state index in [1.54, 1.807) is 13.8 Å². The number of amides is 2. The third-order valence-electron chi connectivity index (χ3n) is 3.95. The largest absolute Gasteiger partial charge is 0.393 e. The van der Waals surface area contributed by atoms with Crippen LogP contribution in [0.25, 0.3) is 0 Å². The minimum atomic E-state index is -1.54. The molecule has 1 aromatic carbocycles. The summed E-state index contributed by atoms with van der Waals surface area (Å²) in [4.78, 5) is 14.0. The highest BCUT2D eigenvalue weighted by Crippen LogP contribution is 2.20. The zero-order valence-electron chi connectivity index (χ0n) is 13.6. The van der Waals surface area contributed by atoms with Gasteiger partial charge in [0.2, 0.25) is 0 Å². The van der Waals surface area contributed by atoms with Gasteiger partial charge in [0.15, 0.2) is 17.5 Å². The van der Waals surface area contributed by atoms with Gasteiger partial charge in [-0.2, -0.15) is 0 Å². The normalized spacial score (nSPS) is 20.6. The molecule has 24 heavy (non-hydrogen) atoms. The van der Waals surface area contributed by atoms with E-state index in [4.69, 9.17) is 4.74 Å². The molecule has 3 atom stereocenters. The smallest absolute Gasteiger partial charge is 0.318 e. The number of aliphatic hydroxyl groups excluding tert-OH is 1. The van der Waals surface area contributed by atoms with Crippen molar-refractivity contribution in [2.24, 2.45) is 0 Å². The van der Waals surface area contributed by atoms with E-state index in [0.717, 1.165) is 12.1 Å². The minimum Gasteiger partial charge on any atom is -0.393 e. The molecule has 2 amide bonds. The molecule has 0 saturated carbocycles. The van der Waals surface area contributed by atoms with E-state index in [9.17, 15) is 23.1 Å². The summed E-state index contributed by atoms with van der Waals surface area (Å²) in [6.07, 6.45) is -0.230. The van der Waals surface area contributed by atoms with Crippen molar-refractivity contribution in [2.45, 2.75) is 38.5 Å². The molecule has 2 N–H and O–H groups in total. The Morgan fingerprint density at radius 2 is 2.00 bits per heavy atom. The average molecular weight is 346 g/mol. The van der Waals surface area contributed by atoms with Crippen molar-refractivity contribution < 1.29 is 27.8 Å². The van der Waals surface area contributed by atoms with Crippen molar-refractivity contribution in [3.63, 3.8) is 0 Å². The highest BCUT2D eigenvalue weighted by atomic mass is 19.2. The number of morpholine rings is 1. The molecule has 1 aliphatic heterocycles. The van der Waals surface area contributed by atoms with Crippen LogP contribution in [0.4, 0.5) is 18.0 Å². The summed E-state index contributed by atoms with van der Waals surface area (Å²) in [7, 11) is 0. The highest BCUT2D eigenvalue weighted by Gasteiger charge is 2.29. The first-order chi connectivity index (χ1) is 11.3. The molecule has 1 saturated heterocycles. The van der Waals surface area contributed by atoms with E-state index in [2.05, 4.69) is 5.32 Å². The number of carbonyl (C=O) groups is 1. The van der Waals surface area contributed by atoms with Crippen LogP contribution in [0.3, 0.4) is 0 Å². The minimum absolute atomic E-state index is 0.125. The number of aliphatic hydroxyl groups is 1. The second kappa shape index (κ2) is 7.85. The molecular formula is C16H21F3N2O3. The molecule has 0 aromatic heterocycles. The number of hydrogen-bond donors (Lipinski definition) is 2. The van der Waals surface area contributed by atoms with Crippen LogP contribution in [0.2, 0.25) is 0 Å². The van der Waals surface area contributed by atoms with Gasteiger partial charge in [-0.1, -0.05) is 0 Å². The lowest BCUT2D eigenvalue weighted by Crippen LogP contribution is -2.53. The fourth-order valence-electron chi connectivity index (χ4n) is 2.69. The summed E-state index contributed by atoms with van der Waals surface area (Å²) in [6, 6.07) is 0.290. The van der Waals surface area contributed by atoms with Crippen molar-refractivity contribution in [1.82, 2.24) is 10.2 Å². The number of rotatable bonds is 4. The van der Waals surface area contributed by atoms with Gasteiger partial charge in [-0.25, -0.2) is 18.0 Å². The Morgan fingerprint density at radius 1 is 1.38 bits per heavy atom. The molecule has 134 valence electrons. The summed E-state index contributed by atoms with van der Waals surface area (Å²) in [5.74, 6) is -4.14. The van der Waals surface area contributed by atoms with Crippen molar-refractivity contribution in [3.8, 4) is 0 Å². The number of nitrogens with one attached hydrogen (secondary N) is 1. The molecule has 2 rings (SSSR count). The average Bonchev–Trinajstić information content (AvgIpc) is 2.51. The third kappa shape index (κ3) is 4.39. The van der Waals surface area contributed by atoms with Gasteiger partial charge >= 0.3 is 6.03 Å². The molecule has 0 radical (unpaired) electrons. The number of ether oxygens (including phenoxy) is 1. The molecule has 1 aliphatic rings.